The largest absolute Gasteiger partial charge is 0.192 e. The maximum absolute atomic E-state index is 8.77. The molecule has 1 heteroatoms. The minimum absolute atomic E-state index is 0.795. The summed E-state index contributed by atoms with van der Waals surface area (Å²) in [7, 11) is 0. The van der Waals surface area contributed by atoms with Gasteiger partial charge in [-0.1, -0.05) is 18.2 Å². The van der Waals surface area contributed by atoms with Crippen molar-refractivity contribution in [2.45, 2.75) is 12.8 Å². The van der Waals surface area contributed by atoms with Gasteiger partial charge < -0.3 is 0 Å². The molecular formula is C11H8N. The second-order valence-corrected chi connectivity index (χ2v) is 2.81. The third kappa shape index (κ3) is 1.02. The predicted octanol–water partition coefficient (Wildman–Crippen LogP) is 2.46. The van der Waals surface area contributed by atoms with E-state index in [0.29, 0.717) is 0 Å². The molecule has 0 aromatic heterocycles. The van der Waals surface area contributed by atoms with E-state index in [1.807, 2.05) is 18.2 Å². The van der Waals surface area contributed by atoms with Crippen LogP contribution >= 0.6 is 0 Å². The van der Waals surface area contributed by atoms with Gasteiger partial charge in [-0.05, 0) is 36.1 Å². The van der Waals surface area contributed by atoms with Crippen LogP contribution in [0, 0.1) is 17.4 Å². The molecule has 0 fully saturated rings. The predicted molar refractivity (Wildman–Crippen MR) is 46.9 cm³/mol. The minimum atomic E-state index is 0.795. The van der Waals surface area contributed by atoms with E-state index >= 15 is 0 Å². The Morgan fingerprint density at radius 1 is 1.33 bits per heavy atom. The smallest absolute Gasteiger partial charge is 0.0994 e. The number of hydrogen-bond acceptors (Lipinski definition) is 1. The van der Waals surface area contributed by atoms with Crippen LogP contribution in [0.4, 0.5) is 0 Å². The first-order chi connectivity index (χ1) is 5.92. The first-order valence-electron chi connectivity index (χ1n) is 3.99. The van der Waals surface area contributed by atoms with Crippen molar-refractivity contribution < 1.29 is 0 Å². The second-order valence-electron chi connectivity index (χ2n) is 2.81. The van der Waals surface area contributed by atoms with Crippen LogP contribution in [0.15, 0.2) is 41.0 Å². The molecule has 57 valence electrons. The minimum Gasteiger partial charge on any atom is -0.192 e. The van der Waals surface area contributed by atoms with E-state index in [1.165, 1.54) is 0 Å². The molecule has 2 aliphatic carbocycles. The SMILES string of the molecule is N#CC1=C(C2=[C]CC=C2)CC=C1. The molecule has 12 heavy (non-hydrogen) atoms. The number of nitrogens with zero attached hydrogens (tertiary/aromatic N) is 1. The summed E-state index contributed by atoms with van der Waals surface area (Å²) in [5.74, 6) is 0. The van der Waals surface area contributed by atoms with Gasteiger partial charge in [-0.25, -0.2) is 0 Å². The molecule has 2 aliphatic rings. The fraction of sp³-hybridized carbons (Fsp3) is 0.182. The Labute approximate surface area is 72.0 Å². The van der Waals surface area contributed by atoms with Gasteiger partial charge in [0.2, 0.25) is 0 Å². The van der Waals surface area contributed by atoms with E-state index in [0.717, 1.165) is 29.6 Å². The van der Waals surface area contributed by atoms with E-state index in [4.69, 9.17) is 5.26 Å². The van der Waals surface area contributed by atoms with Gasteiger partial charge in [0.05, 0.1) is 11.6 Å². The lowest BCUT2D eigenvalue weighted by atomic mass is 10.0. The van der Waals surface area contributed by atoms with Crippen LogP contribution in [0.25, 0.3) is 0 Å². The molecule has 2 rings (SSSR count). The Morgan fingerprint density at radius 2 is 2.25 bits per heavy atom. The Balaban J connectivity index is 2.37. The zero-order valence-corrected chi connectivity index (χ0v) is 6.67. The Bertz CT molecular complexity index is 359. The number of allylic oxidation sites excluding steroid dienone is 8. The Morgan fingerprint density at radius 3 is 2.92 bits per heavy atom. The molecule has 1 radical (unpaired) electrons. The maximum Gasteiger partial charge on any atom is 0.0994 e. The van der Waals surface area contributed by atoms with Crippen molar-refractivity contribution in [2.75, 3.05) is 0 Å². The second kappa shape index (κ2) is 2.83. The van der Waals surface area contributed by atoms with Gasteiger partial charge in [0.15, 0.2) is 0 Å². The molecule has 0 atom stereocenters. The zero-order valence-electron chi connectivity index (χ0n) is 6.67. The molecule has 0 bridgehead atoms. The highest BCUT2D eigenvalue weighted by atomic mass is 14.3. The first-order valence-corrected chi connectivity index (χ1v) is 3.99. The summed E-state index contributed by atoms with van der Waals surface area (Å²) >= 11 is 0. The molecule has 0 saturated heterocycles. The van der Waals surface area contributed by atoms with Crippen molar-refractivity contribution >= 4 is 0 Å². The summed E-state index contributed by atoms with van der Waals surface area (Å²) in [5, 5.41) is 8.77. The van der Waals surface area contributed by atoms with Crippen molar-refractivity contribution in [2.24, 2.45) is 0 Å². The van der Waals surface area contributed by atoms with Crippen molar-refractivity contribution in [3.63, 3.8) is 0 Å². The summed E-state index contributed by atoms with van der Waals surface area (Å²) in [6.07, 6.45) is 13.0. The summed E-state index contributed by atoms with van der Waals surface area (Å²) in [6.45, 7) is 0. The molecular weight excluding hydrogens is 146 g/mol. The molecule has 0 amide bonds. The highest BCUT2D eigenvalue weighted by Crippen LogP contribution is 2.28. The van der Waals surface area contributed by atoms with Gasteiger partial charge >= 0.3 is 0 Å². The fourth-order valence-corrected chi connectivity index (χ4v) is 1.48. The van der Waals surface area contributed by atoms with Crippen molar-refractivity contribution in [1.82, 2.24) is 0 Å². The van der Waals surface area contributed by atoms with Crippen molar-refractivity contribution in [1.29, 1.82) is 5.26 Å². The van der Waals surface area contributed by atoms with Crippen LogP contribution in [-0.2, 0) is 0 Å². The van der Waals surface area contributed by atoms with Crippen LogP contribution in [0.1, 0.15) is 12.8 Å². The Hall–Kier alpha value is -1.55. The van der Waals surface area contributed by atoms with Crippen LogP contribution in [0.5, 0.6) is 0 Å². The topological polar surface area (TPSA) is 23.8 Å². The number of nitriles is 1. The summed E-state index contributed by atoms with van der Waals surface area (Å²) in [6, 6.07) is 2.19. The van der Waals surface area contributed by atoms with Gasteiger partial charge in [-0.15, -0.1) is 0 Å². The molecule has 0 spiro atoms. The van der Waals surface area contributed by atoms with Crippen LogP contribution in [-0.4, -0.2) is 0 Å². The van der Waals surface area contributed by atoms with Gasteiger partial charge in [-0.3, -0.25) is 0 Å². The molecule has 0 aromatic rings. The van der Waals surface area contributed by atoms with E-state index < -0.39 is 0 Å². The Kier molecular flexibility index (Phi) is 1.68. The number of rotatable bonds is 1. The van der Waals surface area contributed by atoms with E-state index in [9.17, 15) is 0 Å². The van der Waals surface area contributed by atoms with E-state index in [2.05, 4.69) is 18.2 Å². The van der Waals surface area contributed by atoms with Crippen molar-refractivity contribution in [3.8, 4) is 6.07 Å². The van der Waals surface area contributed by atoms with E-state index in [1.54, 1.807) is 0 Å². The highest BCUT2D eigenvalue weighted by molar-refractivity contribution is 5.55. The van der Waals surface area contributed by atoms with Gasteiger partial charge in [0.25, 0.3) is 0 Å². The quantitative estimate of drug-likeness (QED) is 0.569. The molecule has 0 saturated carbocycles. The molecule has 0 heterocycles. The molecule has 0 unspecified atom stereocenters. The zero-order chi connectivity index (χ0) is 8.39. The van der Waals surface area contributed by atoms with Crippen LogP contribution in [0.3, 0.4) is 0 Å². The van der Waals surface area contributed by atoms with Gasteiger partial charge in [-0.2, -0.15) is 5.26 Å². The molecule has 1 nitrogen and oxygen atoms in total. The monoisotopic (exact) mass is 154 g/mol. The normalized spacial score (nSPS) is 20.1. The maximum atomic E-state index is 8.77. The summed E-state index contributed by atoms with van der Waals surface area (Å²) in [5.41, 5.74) is 3.03. The first kappa shape index (κ1) is 7.12. The highest BCUT2D eigenvalue weighted by Gasteiger charge is 2.12. The summed E-state index contributed by atoms with van der Waals surface area (Å²) in [4.78, 5) is 0. The average Bonchev–Trinajstić information content (AvgIpc) is 2.74. The third-order valence-electron chi connectivity index (χ3n) is 2.07. The summed E-state index contributed by atoms with van der Waals surface area (Å²) < 4.78 is 0. The lowest BCUT2D eigenvalue weighted by Crippen LogP contribution is -1.84. The number of hydrogen-bond donors (Lipinski definition) is 0. The average molecular weight is 154 g/mol. The fourth-order valence-electron chi connectivity index (χ4n) is 1.48. The molecule has 0 aromatic carbocycles. The lowest BCUT2D eigenvalue weighted by molar-refractivity contribution is 1.25. The van der Waals surface area contributed by atoms with Crippen LogP contribution < -0.4 is 0 Å². The molecule has 0 N–H and O–H groups in total. The van der Waals surface area contributed by atoms with Gasteiger partial charge in [0.1, 0.15) is 0 Å². The standard InChI is InChI=1S/C11H8N/c12-8-10-6-3-7-11(10)9-4-1-2-5-9/h1,3-4,6H,2,7H2. The van der Waals surface area contributed by atoms with Crippen molar-refractivity contribution in [3.05, 3.63) is 47.1 Å². The van der Waals surface area contributed by atoms with Crippen LogP contribution in [0.2, 0.25) is 0 Å². The lowest BCUT2D eigenvalue weighted by Gasteiger charge is -1.99. The molecule has 0 aliphatic heterocycles. The van der Waals surface area contributed by atoms with E-state index in [-0.39, 0.29) is 0 Å². The van der Waals surface area contributed by atoms with Gasteiger partial charge in [0, 0.05) is 0 Å². The third-order valence-corrected chi connectivity index (χ3v) is 2.07.